The van der Waals surface area contributed by atoms with Crippen molar-refractivity contribution < 1.29 is 9.59 Å². The second-order valence-electron chi connectivity index (χ2n) is 9.04. The zero-order chi connectivity index (χ0) is 22.9. The average molecular weight is 472 g/mol. The van der Waals surface area contributed by atoms with E-state index in [4.69, 9.17) is 11.6 Å². The third-order valence-corrected chi connectivity index (χ3v) is 6.66. The standard InChI is InChI=1S/C23H26ClN5O2S/c1-23(2,3)22(31)26-12-13-7-8-16(24)15(11-13)21(30)28-17-9-10-25-18-19(17)32-29-20(18)27-14-5-4-6-14/h7-11,14H,4-6,12H2,1-3H3,(H,26,31)(H,27,29)(H,25,28,30). The maximum Gasteiger partial charge on any atom is 0.257 e. The maximum atomic E-state index is 13.0. The second-order valence-corrected chi connectivity index (χ2v) is 10.2. The quantitative estimate of drug-likeness (QED) is 0.457. The number of nitrogens with one attached hydrogen (secondary N) is 3. The predicted molar refractivity (Wildman–Crippen MR) is 129 cm³/mol. The number of halogens is 1. The lowest BCUT2D eigenvalue weighted by Gasteiger charge is -2.26. The molecule has 0 atom stereocenters. The van der Waals surface area contributed by atoms with E-state index in [0.717, 1.165) is 34.4 Å². The number of nitrogens with zero attached hydrogens (tertiary/aromatic N) is 2. The van der Waals surface area contributed by atoms with Gasteiger partial charge >= 0.3 is 0 Å². The Hall–Kier alpha value is -2.71. The molecule has 1 saturated carbocycles. The van der Waals surface area contributed by atoms with Gasteiger partial charge in [-0.3, -0.25) is 14.6 Å². The fraction of sp³-hybridized carbons (Fsp3) is 0.391. The van der Waals surface area contributed by atoms with Crippen LogP contribution >= 0.6 is 23.1 Å². The summed E-state index contributed by atoms with van der Waals surface area (Å²) in [5.41, 5.74) is 2.05. The first-order valence-corrected chi connectivity index (χ1v) is 11.8. The summed E-state index contributed by atoms with van der Waals surface area (Å²) in [6.07, 6.45) is 5.17. The highest BCUT2D eigenvalue weighted by atomic mass is 35.5. The molecule has 0 saturated heterocycles. The van der Waals surface area contributed by atoms with Crippen molar-refractivity contribution in [1.82, 2.24) is 14.7 Å². The molecule has 0 radical (unpaired) electrons. The molecular formula is C23H26ClN5O2S. The minimum absolute atomic E-state index is 0.0610. The fourth-order valence-electron chi connectivity index (χ4n) is 3.28. The predicted octanol–water partition coefficient (Wildman–Crippen LogP) is 5.22. The topological polar surface area (TPSA) is 96.0 Å². The highest BCUT2D eigenvalue weighted by Crippen LogP contribution is 2.33. The summed E-state index contributed by atoms with van der Waals surface area (Å²) in [7, 11) is 0. The number of aromatic nitrogens is 2. The van der Waals surface area contributed by atoms with E-state index in [1.165, 1.54) is 18.0 Å². The second kappa shape index (κ2) is 9.03. The number of carbonyl (C=O) groups excluding carboxylic acids is 2. The molecule has 2 amide bonds. The summed E-state index contributed by atoms with van der Waals surface area (Å²) in [5.74, 6) is 0.378. The zero-order valence-corrected chi connectivity index (χ0v) is 19.9. The number of hydrogen-bond acceptors (Lipinski definition) is 6. The molecule has 0 spiro atoms. The fourth-order valence-corrected chi connectivity index (χ4v) is 4.25. The van der Waals surface area contributed by atoms with Crippen molar-refractivity contribution in [1.29, 1.82) is 0 Å². The van der Waals surface area contributed by atoms with Crippen LogP contribution in [0.4, 0.5) is 11.5 Å². The van der Waals surface area contributed by atoms with Crippen molar-refractivity contribution in [2.75, 3.05) is 10.6 Å². The van der Waals surface area contributed by atoms with Crippen LogP contribution in [-0.4, -0.2) is 27.2 Å². The molecule has 1 aliphatic rings. The summed E-state index contributed by atoms with van der Waals surface area (Å²) >= 11 is 7.62. The van der Waals surface area contributed by atoms with E-state index in [0.29, 0.717) is 28.9 Å². The molecule has 9 heteroatoms. The third kappa shape index (κ3) is 4.86. The average Bonchev–Trinajstić information content (AvgIpc) is 3.13. The van der Waals surface area contributed by atoms with Gasteiger partial charge in [0.15, 0.2) is 5.82 Å². The molecule has 0 unspecified atom stereocenters. The van der Waals surface area contributed by atoms with Crippen molar-refractivity contribution in [2.24, 2.45) is 5.41 Å². The van der Waals surface area contributed by atoms with Gasteiger partial charge in [-0.2, -0.15) is 4.37 Å². The van der Waals surface area contributed by atoms with Gasteiger partial charge in [-0.25, -0.2) is 0 Å². The number of hydrogen-bond donors (Lipinski definition) is 3. The van der Waals surface area contributed by atoms with Crippen molar-refractivity contribution in [3.8, 4) is 0 Å². The normalized spacial score (nSPS) is 14.1. The van der Waals surface area contributed by atoms with Crippen LogP contribution < -0.4 is 16.0 Å². The van der Waals surface area contributed by atoms with Gasteiger partial charge in [0.25, 0.3) is 5.91 Å². The number of pyridine rings is 1. The van der Waals surface area contributed by atoms with E-state index in [-0.39, 0.29) is 11.8 Å². The van der Waals surface area contributed by atoms with Crippen LogP contribution in [0.1, 0.15) is 56.0 Å². The van der Waals surface area contributed by atoms with Crippen LogP contribution in [0.25, 0.3) is 10.2 Å². The molecule has 1 aromatic carbocycles. The van der Waals surface area contributed by atoms with Crippen molar-refractivity contribution >= 4 is 56.7 Å². The van der Waals surface area contributed by atoms with Gasteiger partial charge in [0.1, 0.15) is 5.52 Å². The summed E-state index contributed by atoms with van der Waals surface area (Å²) < 4.78 is 5.31. The van der Waals surface area contributed by atoms with Crippen molar-refractivity contribution in [2.45, 2.75) is 52.6 Å². The number of amides is 2. The monoisotopic (exact) mass is 471 g/mol. The van der Waals surface area contributed by atoms with Gasteiger partial charge in [0.2, 0.25) is 5.91 Å². The Morgan fingerprint density at radius 2 is 2.00 bits per heavy atom. The minimum Gasteiger partial charge on any atom is -0.365 e. The molecule has 168 valence electrons. The Kier molecular flexibility index (Phi) is 6.35. The smallest absolute Gasteiger partial charge is 0.257 e. The molecule has 2 heterocycles. The molecule has 32 heavy (non-hydrogen) atoms. The number of rotatable bonds is 6. The van der Waals surface area contributed by atoms with Crippen molar-refractivity contribution in [3.63, 3.8) is 0 Å². The third-order valence-electron chi connectivity index (χ3n) is 5.46. The maximum absolute atomic E-state index is 13.0. The van der Waals surface area contributed by atoms with Gasteiger partial charge in [-0.05, 0) is 54.6 Å². The van der Waals surface area contributed by atoms with Crippen LogP contribution in [0.5, 0.6) is 0 Å². The lowest BCUT2D eigenvalue weighted by atomic mass is 9.93. The number of benzene rings is 1. The van der Waals surface area contributed by atoms with Gasteiger partial charge in [0, 0.05) is 24.2 Å². The lowest BCUT2D eigenvalue weighted by Crippen LogP contribution is -2.34. The highest BCUT2D eigenvalue weighted by molar-refractivity contribution is 7.14. The molecular weight excluding hydrogens is 446 g/mol. The number of carbonyl (C=O) groups is 2. The zero-order valence-electron chi connectivity index (χ0n) is 18.3. The lowest BCUT2D eigenvalue weighted by molar-refractivity contribution is -0.128. The van der Waals surface area contributed by atoms with E-state index >= 15 is 0 Å². The molecule has 1 fully saturated rings. The van der Waals surface area contributed by atoms with Crippen molar-refractivity contribution in [3.05, 3.63) is 46.6 Å². The molecule has 4 rings (SSSR count). The van der Waals surface area contributed by atoms with Crippen LogP contribution in [-0.2, 0) is 11.3 Å². The van der Waals surface area contributed by atoms with Crippen LogP contribution in [0.2, 0.25) is 5.02 Å². The SMILES string of the molecule is CC(C)(C)C(=O)NCc1ccc(Cl)c(C(=O)Nc2ccnc3c(NC4CCC4)nsc23)c1. The van der Waals surface area contributed by atoms with Crippen LogP contribution in [0.3, 0.4) is 0 Å². The summed E-state index contributed by atoms with van der Waals surface area (Å²) in [5, 5.41) is 9.61. The summed E-state index contributed by atoms with van der Waals surface area (Å²) in [6.45, 7) is 5.87. The Labute approximate surface area is 196 Å². The molecule has 0 bridgehead atoms. The van der Waals surface area contributed by atoms with E-state index in [9.17, 15) is 9.59 Å². The van der Waals surface area contributed by atoms with Gasteiger partial charge in [-0.1, -0.05) is 38.4 Å². The van der Waals surface area contributed by atoms with Gasteiger partial charge in [-0.15, -0.1) is 0 Å². The molecule has 3 aromatic rings. The Morgan fingerprint density at radius 3 is 2.69 bits per heavy atom. The first kappa shape index (κ1) is 22.5. The van der Waals surface area contributed by atoms with E-state index in [1.54, 1.807) is 30.5 Å². The Morgan fingerprint density at radius 1 is 1.22 bits per heavy atom. The van der Waals surface area contributed by atoms with E-state index in [2.05, 4.69) is 25.3 Å². The Balaban J connectivity index is 1.51. The molecule has 7 nitrogen and oxygen atoms in total. The summed E-state index contributed by atoms with van der Waals surface area (Å²) in [4.78, 5) is 29.6. The molecule has 2 aromatic heterocycles. The largest absolute Gasteiger partial charge is 0.365 e. The number of anilines is 2. The van der Waals surface area contributed by atoms with Gasteiger partial charge in [0.05, 0.1) is 21.0 Å². The first-order chi connectivity index (χ1) is 15.2. The molecule has 1 aliphatic carbocycles. The Bertz CT molecular complexity index is 1170. The van der Waals surface area contributed by atoms with Gasteiger partial charge < -0.3 is 16.0 Å². The van der Waals surface area contributed by atoms with Crippen LogP contribution in [0.15, 0.2) is 30.5 Å². The van der Waals surface area contributed by atoms with E-state index in [1.807, 2.05) is 20.8 Å². The van der Waals surface area contributed by atoms with Crippen LogP contribution in [0, 0.1) is 5.41 Å². The number of fused-ring (bicyclic) bond motifs is 1. The molecule has 3 N–H and O–H groups in total. The molecule has 0 aliphatic heterocycles. The summed E-state index contributed by atoms with van der Waals surface area (Å²) in [6, 6.07) is 7.38. The highest BCUT2D eigenvalue weighted by Gasteiger charge is 2.22. The van der Waals surface area contributed by atoms with E-state index < -0.39 is 5.41 Å². The first-order valence-electron chi connectivity index (χ1n) is 10.6. The minimum atomic E-state index is -0.486.